The molecule has 0 atom stereocenters. The van der Waals surface area contributed by atoms with Crippen LogP contribution in [0, 0.1) is 0 Å². The molecule has 0 amide bonds. The standard InChI is InChI=1S/C18H17NO3S/c1-21-16-7-5-12-9-14(4-3-13(12)10-16)18-19-15(11-23-18)6-8-17(20)22-2/h3-5,7,9-11H,6,8H2,1-2H3. The fourth-order valence-electron chi connectivity index (χ4n) is 2.37. The predicted octanol–water partition coefficient (Wildman–Crippen LogP) is 4.08. The summed E-state index contributed by atoms with van der Waals surface area (Å²) in [5, 5.41) is 5.24. The second-order valence-electron chi connectivity index (χ2n) is 5.15. The fourth-order valence-corrected chi connectivity index (χ4v) is 3.22. The predicted molar refractivity (Wildman–Crippen MR) is 91.9 cm³/mol. The molecular formula is C18H17NO3S. The molecule has 2 aromatic carbocycles. The number of esters is 1. The van der Waals surface area contributed by atoms with Gasteiger partial charge in [-0.2, -0.15) is 0 Å². The van der Waals surface area contributed by atoms with Gasteiger partial charge in [-0.15, -0.1) is 11.3 Å². The Balaban J connectivity index is 1.83. The quantitative estimate of drug-likeness (QED) is 0.663. The van der Waals surface area contributed by atoms with E-state index in [0.717, 1.165) is 32.8 Å². The first kappa shape index (κ1) is 15.5. The van der Waals surface area contributed by atoms with Gasteiger partial charge in [-0.05, 0) is 29.0 Å². The van der Waals surface area contributed by atoms with Crippen LogP contribution in [0.2, 0.25) is 0 Å². The summed E-state index contributed by atoms with van der Waals surface area (Å²) in [6.07, 6.45) is 0.963. The zero-order valence-corrected chi connectivity index (χ0v) is 13.9. The van der Waals surface area contributed by atoms with E-state index < -0.39 is 0 Å². The number of aryl methyl sites for hydroxylation is 1. The van der Waals surface area contributed by atoms with Gasteiger partial charge in [0.15, 0.2) is 0 Å². The smallest absolute Gasteiger partial charge is 0.305 e. The number of nitrogens with zero attached hydrogens (tertiary/aromatic N) is 1. The molecule has 3 rings (SSSR count). The van der Waals surface area contributed by atoms with Crippen LogP contribution in [0.25, 0.3) is 21.3 Å². The molecule has 23 heavy (non-hydrogen) atoms. The molecule has 0 unspecified atom stereocenters. The monoisotopic (exact) mass is 327 g/mol. The summed E-state index contributed by atoms with van der Waals surface area (Å²) in [4.78, 5) is 15.8. The van der Waals surface area contributed by atoms with Gasteiger partial charge in [-0.3, -0.25) is 4.79 Å². The van der Waals surface area contributed by atoms with Crippen molar-refractivity contribution in [1.82, 2.24) is 4.98 Å². The highest BCUT2D eigenvalue weighted by Crippen LogP contribution is 2.29. The van der Waals surface area contributed by atoms with Crippen LogP contribution in [0.1, 0.15) is 12.1 Å². The Morgan fingerprint density at radius 1 is 1.13 bits per heavy atom. The summed E-state index contributed by atoms with van der Waals surface area (Å²) in [5.41, 5.74) is 2.00. The number of aromatic nitrogens is 1. The Morgan fingerprint density at radius 3 is 2.70 bits per heavy atom. The Kier molecular flexibility index (Phi) is 4.57. The van der Waals surface area contributed by atoms with Crippen molar-refractivity contribution in [3.8, 4) is 16.3 Å². The van der Waals surface area contributed by atoms with Crippen molar-refractivity contribution in [2.45, 2.75) is 12.8 Å². The summed E-state index contributed by atoms with van der Waals surface area (Å²) < 4.78 is 9.90. The molecule has 0 spiro atoms. The molecule has 0 saturated carbocycles. The summed E-state index contributed by atoms with van der Waals surface area (Å²) in [6.45, 7) is 0. The minimum atomic E-state index is -0.209. The van der Waals surface area contributed by atoms with Crippen LogP contribution in [-0.4, -0.2) is 25.2 Å². The van der Waals surface area contributed by atoms with E-state index in [2.05, 4.69) is 27.9 Å². The molecule has 1 aromatic heterocycles. The third-order valence-corrected chi connectivity index (χ3v) is 4.60. The summed E-state index contributed by atoms with van der Waals surface area (Å²) in [6, 6.07) is 12.3. The Hall–Kier alpha value is -2.40. The number of fused-ring (bicyclic) bond motifs is 1. The Morgan fingerprint density at radius 2 is 1.91 bits per heavy atom. The van der Waals surface area contributed by atoms with Gasteiger partial charge < -0.3 is 9.47 Å². The van der Waals surface area contributed by atoms with E-state index in [1.54, 1.807) is 18.4 Å². The van der Waals surface area contributed by atoms with E-state index in [9.17, 15) is 4.79 Å². The van der Waals surface area contributed by atoms with Gasteiger partial charge in [0.05, 0.1) is 26.3 Å². The molecule has 3 aromatic rings. The van der Waals surface area contributed by atoms with Crippen molar-refractivity contribution in [2.75, 3.05) is 14.2 Å². The summed E-state index contributed by atoms with van der Waals surface area (Å²) in [7, 11) is 3.07. The molecule has 0 bridgehead atoms. The zero-order chi connectivity index (χ0) is 16.2. The lowest BCUT2D eigenvalue weighted by molar-refractivity contribution is -0.140. The average molecular weight is 327 g/mol. The maximum atomic E-state index is 11.2. The number of benzene rings is 2. The third kappa shape index (κ3) is 3.51. The van der Waals surface area contributed by atoms with Gasteiger partial charge in [-0.1, -0.05) is 18.2 Å². The number of carbonyl (C=O) groups is 1. The first-order valence-electron chi connectivity index (χ1n) is 7.29. The molecule has 0 fully saturated rings. The molecule has 0 aliphatic carbocycles. The molecule has 5 heteroatoms. The van der Waals surface area contributed by atoms with E-state index in [0.29, 0.717) is 12.8 Å². The number of hydrogen-bond donors (Lipinski definition) is 0. The number of ether oxygens (including phenoxy) is 2. The fraction of sp³-hybridized carbons (Fsp3) is 0.222. The number of hydrogen-bond acceptors (Lipinski definition) is 5. The summed E-state index contributed by atoms with van der Waals surface area (Å²) >= 11 is 1.59. The molecule has 0 saturated heterocycles. The van der Waals surface area contributed by atoms with E-state index >= 15 is 0 Å². The first-order valence-corrected chi connectivity index (χ1v) is 8.17. The van der Waals surface area contributed by atoms with Gasteiger partial charge in [0.25, 0.3) is 0 Å². The van der Waals surface area contributed by atoms with Crippen LogP contribution in [0.5, 0.6) is 5.75 Å². The van der Waals surface area contributed by atoms with Crippen LogP contribution in [0.4, 0.5) is 0 Å². The van der Waals surface area contributed by atoms with Crippen LogP contribution >= 0.6 is 11.3 Å². The third-order valence-electron chi connectivity index (χ3n) is 3.66. The van der Waals surface area contributed by atoms with Crippen molar-refractivity contribution >= 4 is 28.1 Å². The zero-order valence-electron chi connectivity index (χ0n) is 13.0. The highest BCUT2D eigenvalue weighted by Gasteiger charge is 2.08. The Bertz CT molecular complexity index is 841. The average Bonchev–Trinajstić information content (AvgIpc) is 3.07. The van der Waals surface area contributed by atoms with Crippen molar-refractivity contribution in [2.24, 2.45) is 0 Å². The lowest BCUT2D eigenvalue weighted by atomic mass is 10.1. The van der Waals surface area contributed by atoms with Crippen molar-refractivity contribution in [3.05, 3.63) is 47.5 Å². The molecule has 1 heterocycles. The number of methoxy groups -OCH3 is 2. The van der Waals surface area contributed by atoms with Gasteiger partial charge in [0.1, 0.15) is 10.8 Å². The van der Waals surface area contributed by atoms with E-state index in [-0.39, 0.29) is 5.97 Å². The van der Waals surface area contributed by atoms with Gasteiger partial charge in [-0.25, -0.2) is 4.98 Å². The van der Waals surface area contributed by atoms with Crippen molar-refractivity contribution in [1.29, 1.82) is 0 Å². The number of carbonyl (C=O) groups excluding carboxylic acids is 1. The van der Waals surface area contributed by atoms with Gasteiger partial charge in [0, 0.05) is 17.4 Å². The van der Waals surface area contributed by atoms with E-state index in [1.165, 1.54) is 7.11 Å². The van der Waals surface area contributed by atoms with Gasteiger partial charge >= 0.3 is 5.97 Å². The van der Waals surface area contributed by atoms with Crippen LogP contribution < -0.4 is 4.74 Å². The maximum absolute atomic E-state index is 11.2. The molecule has 0 aliphatic heterocycles. The second-order valence-corrected chi connectivity index (χ2v) is 6.01. The molecule has 0 radical (unpaired) electrons. The second kappa shape index (κ2) is 6.79. The van der Waals surface area contributed by atoms with E-state index in [1.807, 2.05) is 23.6 Å². The lowest BCUT2D eigenvalue weighted by Gasteiger charge is -2.04. The number of rotatable bonds is 5. The lowest BCUT2D eigenvalue weighted by Crippen LogP contribution is -2.01. The minimum Gasteiger partial charge on any atom is -0.497 e. The summed E-state index contributed by atoms with van der Waals surface area (Å²) in [5.74, 6) is 0.642. The van der Waals surface area contributed by atoms with Crippen LogP contribution in [0.15, 0.2) is 41.8 Å². The molecule has 0 aliphatic rings. The van der Waals surface area contributed by atoms with Crippen LogP contribution in [-0.2, 0) is 16.0 Å². The molecule has 4 nitrogen and oxygen atoms in total. The largest absolute Gasteiger partial charge is 0.497 e. The van der Waals surface area contributed by atoms with Gasteiger partial charge in [0.2, 0.25) is 0 Å². The highest BCUT2D eigenvalue weighted by molar-refractivity contribution is 7.13. The SMILES string of the molecule is COC(=O)CCc1csc(-c2ccc3cc(OC)ccc3c2)n1. The molecular weight excluding hydrogens is 310 g/mol. The topological polar surface area (TPSA) is 48.4 Å². The highest BCUT2D eigenvalue weighted by atomic mass is 32.1. The normalized spacial score (nSPS) is 10.7. The van der Waals surface area contributed by atoms with Crippen molar-refractivity contribution < 1.29 is 14.3 Å². The minimum absolute atomic E-state index is 0.209. The van der Waals surface area contributed by atoms with Crippen molar-refractivity contribution in [3.63, 3.8) is 0 Å². The molecule has 0 N–H and O–H groups in total. The first-order chi connectivity index (χ1) is 11.2. The maximum Gasteiger partial charge on any atom is 0.305 e. The Labute approximate surface area is 138 Å². The van der Waals surface area contributed by atoms with E-state index in [4.69, 9.17) is 4.74 Å². The molecule has 118 valence electrons. The number of thiazole rings is 1. The van der Waals surface area contributed by atoms with Crippen LogP contribution in [0.3, 0.4) is 0 Å².